The molecule has 10 nitrogen and oxygen atoms in total. The van der Waals surface area contributed by atoms with Gasteiger partial charge in [-0.15, -0.1) is 0 Å². The zero-order chi connectivity index (χ0) is 22.7. The van der Waals surface area contributed by atoms with Gasteiger partial charge in [0.15, 0.2) is 0 Å². The topological polar surface area (TPSA) is 107 Å². The second-order valence-electron chi connectivity index (χ2n) is 8.45. The molecule has 2 saturated heterocycles. The lowest BCUT2D eigenvalue weighted by Gasteiger charge is -2.27. The molecule has 0 bridgehead atoms. The molecule has 34 heavy (non-hydrogen) atoms. The van der Waals surface area contributed by atoms with Crippen LogP contribution in [0.15, 0.2) is 49.1 Å². The standard InChI is InChI=1S/C24H27N9O/c1-3-18(30-19-14-26-24(27-15-19)33-7-5-25-6-8-33)4-2-17(1)21-13-20-22(31-21)28-16-29-23(20)32-9-11-34-12-10-32/h1-4,13-16,25,30H,5-12H2,(H,28,29,31). The number of nitrogens with one attached hydrogen (secondary N) is 3. The Morgan fingerprint density at radius 1 is 0.824 bits per heavy atom. The summed E-state index contributed by atoms with van der Waals surface area (Å²) < 4.78 is 5.48. The second kappa shape index (κ2) is 9.24. The van der Waals surface area contributed by atoms with Crippen molar-refractivity contribution in [2.45, 2.75) is 0 Å². The van der Waals surface area contributed by atoms with Gasteiger partial charge in [-0.1, -0.05) is 12.1 Å². The predicted molar refractivity (Wildman–Crippen MR) is 133 cm³/mol. The second-order valence-corrected chi connectivity index (χ2v) is 8.45. The van der Waals surface area contributed by atoms with Crippen molar-refractivity contribution in [3.05, 3.63) is 49.1 Å². The van der Waals surface area contributed by atoms with Crippen LogP contribution >= 0.6 is 0 Å². The first kappa shape index (κ1) is 20.8. The Morgan fingerprint density at radius 2 is 1.59 bits per heavy atom. The number of piperazine rings is 1. The zero-order valence-electron chi connectivity index (χ0n) is 18.9. The van der Waals surface area contributed by atoms with Crippen LogP contribution in [0, 0.1) is 0 Å². The van der Waals surface area contributed by atoms with Gasteiger partial charge in [0.25, 0.3) is 0 Å². The Kier molecular flexibility index (Phi) is 5.66. The Labute approximate surface area is 197 Å². The highest BCUT2D eigenvalue weighted by Crippen LogP contribution is 2.30. The van der Waals surface area contributed by atoms with Crippen LogP contribution in [-0.2, 0) is 4.74 Å². The molecule has 0 saturated carbocycles. The van der Waals surface area contributed by atoms with E-state index in [2.05, 4.69) is 75.7 Å². The molecule has 1 aromatic carbocycles. The molecule has 0 amide bonds. The zero-order valence-corrected chi connectivity index (χ0v) is 18.9. The van der Waals surface area contributed by atoms with Crippen molar-refractivity contribution in [2.24, 2.45) is 0 Å². The third kappa shape index (κ3) is 4.25. The van der Waals surface area contributed by atoms with Crippen LogP contribution in [-0.4, -0.2) is 77.4 Å². The minimum atomic E-state index is 0.723. The molecular weight excluding hydrogens is 430 g/mol. The van der Waals surface area contributed by atoms with Crippen molar-refractivity contribution in [1.29, 1.82) is 0 Å². The van der Waals surface area contributed by atoms with E-state index in [0.29, 0.717) is 0 Å². The summed E-state index contributed by atoms with van der Waals surface area (Å²) in [6, 6.07) is 10.4. The first-order chi connectivity index (χ1) is 16.8. The number of aromatic amines is 1. The Balaban J connectivity index is 1.17. The summed E-state index contributed by atoms with van der Waals surface area (Å²) in [6.45, 7) is 6.92. The molecule has 0 spiro atoms. The highest BCUT2D eigenvalue weighted by atomic mass is 16.5. The van der Waals surface area contributed by atoms with Gasteiger partial charge in [0.2, 0.25) is 5.95 Å². The first-order valence-electron chi connectivity index (χ1n) is 11.6. The number of rotatable bonds is 5. The lowest BCUT2D eigenvalue weighted by molar-refractivity contribution is 0.122. The third-order valence-corrected chi connectivity index (χ3v) is 6.24. The van der Waals surface area contributed by atoms with E-state index in [4.69, 9.17) is 4.74 Å². The molecule has 2 aliphatic heterocycles. The van der Waals surface area contributed by atoms with Crippen molar-refractivity contribution < 1.29 is 4.74 Å². The summed E-state index contributed by atoms with van der Waals surface area (Å²) >= 11 is 0. The average Bonchev–Trinajstić information content (AvgIpc) is 3.35. The normalized spacial score (nSPS) is 16.7. The number of benzene rings is 1. The molecule has 0 atom stereocenters. The van der Waals surface area contributed by atoms with E-state index in [1.165, 1.54) is 0 Å². The van der Waals surface area contributed by atoms with Gasteiger partial charge >= 0.3 is 0 Å². The van der Waals surface area contributed by atoms with Crippen LogP contribution in [0.3, 0.4) is 0 Å². The van der Waals surface area contributed by atoms with Crippen molar-refractivity contribution in [3.63, 3.8) is 0 Å². The number of morpholine rings is 1. The van der Waals surface area contributed by atoms with E-state index in [1.807, 2.05) is 12.4 Å². The van der Waals surface area contributed by atoms with Gasteiger partial charge in [-0.05, 0) is 23.8 Å². The summed E-state index contributed by atoms with van der Waals surface area (Å²) in [7, 11) is 0. The summed E-state index contributed by atoms with van der Waals surface area (Å²) in [5, 5.41) is 7.76. The van der Waals surface area contributed by atoms with E-state index < -0.39 is 0 Å². The van der Waals surface area contributed by atoms with Gasteiger partial charge in [-0.3, -0.25) is 0 Å². The van der Waals surface area contributed by atoms with Crippen LogP contribution < -0.4 is 20.4 Å². The molecule has 0 unspecified atom stereocenters. The third-order valence-electron chi connectivity index (χ3n) is 6.24. The molecule has 10 heteroatoms. The van der Waals surface area contributed by atoms with Gasteiger partial charge in [0.1, 0.15) is 17.8 Å². The maximum atomic E-state index is 5.48. The maximum absolute atomic E-state index is 5.48. The van der Waals surface area contributed by atoms with Crippen LogP contribution in [0.1, 0.15) is 0 Å². The number of anilines is 4. The minimum Gasteiger partial charge on any atom is -0.378 e. The van der Waals surface area contributed by atoms with Crippen LogP contribution in [0.2, 0.25) is 0 Å². The highest BCUT2D eigenvalue weighted by Gasteiger charge is 2.17. The lowest BCUT2D eigenvalue weighted by atomic mass is 10.1. The van der Waals surface area contributed by atoms with E-state index in [9.17, 15) is 0 Å². The maximum Gasteiger partial charge on any atom is 0.225 e. The van der Waals surface area contributed by atoms with Crippen LogP contribution in [0.25, 0.3) is 22.3 Å². The summed E-state index contributed by atoms with van der Waals surface area (Å²) in [6.07, 6.45) is 5.29. The number of ether oxygens (including phenoxy) is 1. The summed E-state index contributed by atoms with van der Waals surface area (Å²) in [5.74, 6) is 1.74. The number of fused-ring (bicyclic) bond motifs is 1. The number of hydrogen-bond donors (Lipinski definition) is 3. The first-order valence-corrected chi connectivity index (χ1v) is 11.6. The molecule has 6 rings (SSSR count). The number of hydrogen-bond acceptors (Lipinski definition) is 9. The van der Waals surface area contributed by atoms with Crippen LogP contribution in [0.4, 0.5) is 23.1 Å². The Morgan fingerprint density at radius 3 is 2.35 bits per heavy atom. The molecule has 5 heterocycles. The van der Waals surface area contributed by atoms with Gasteiger partial charge in [-0.2, -0.15) is 0 Å². The molecule has 174 valence electrons. The fourth-order valence-electron chi connectivity index (χ4n) is 4.42. The number of aromatic nitrogens is 5. The van der Waals surface area contributed by atoms with Crippen LogP contribution in [0.5, 0.6) is 0 Å². The molecule has 0 aliphatic carbocycles. The molecule has 0 radical (unpaired) electrons. The molecule has 2 aliphatic rings. The largest absolute Gasteiger partial charge is 0.378 e. The van der Waals surface area contributed by atoms with E-state index in [1.54, 1.807) is 6.33 Å². The van der Waals surface area contributed by atoms with Crippen molar-refractivity contribution in [3.8, 4) is 11.3 Å². The number of nitrogens with zero attached hydrogens (tertiary/aromatic N) is 6. The van der Waals surface area contributed by atoms with Crippen molar-refractivity contribution in [1.82, 2.24) is 30.2 Å². The quantitative estimate of drug-likeness (QED) is 0.416. The SMILES string of the molecule is c1nc(N2CCOCC2)c2cc(-c3ccc(Nc4cnc(N5CCNCC5)nc4)cc3)[nH]c2n1. The summed E-state index contributed by atoms with van der Waals surface area (Å²) in [4.78, 5) is 25.9. The molecule has 4 aromatic rings. The number of H-pyrrole nitrogens is 1. The van der Waals surface area contributed by atoms with Crippen molar-refractivity contribution in [2.75, 3.05) is 67.6 Å². The highest BCUT2D eigenvalue weighted by molar-refractivity contribution is 5.92. The van der Waals surface area contributed by atoms with Crippen molar-refractivity contribution >= 4 is 34.2 Å². The van der Waals surface area contributed by atoms with Gasteiger partial charge in [0, 0.05) is 50.6 Å². The van der Waals surface area contributed by atoms with E-state index >= 15 is 0 Å². The minimum absolute atomic E-state index is 0.723. The smallest absolute Gasteiger partial charge is 0.225 e. The van der Waals surface area contributed by atoms with E-state index in [-0.39, 0.29) is 0 Å². The van der Waals surface area contributed by atoms with E-state index in [0.717, 1.165) is 97.9 Å². The average molecular weight is 458 g/mol. The Hall–Kier alpha value is -3.76. The predicted octanol–water partition coefficient (Wildman–Crippen LogP) is 2.40. The lowest BCUT2D eigenvalue weighted by Crippen LogP contribution is -2.44. The fourth-order valence-corrected chi connectivity index (χ4v) is 4.42. The Bertz CT molecular complexity index is 1240. The molecule has 2 fully saturated rings. The monoisotopic (exact) mass is 457 g/mol. The molecular formula is C24H27N9O. The molecule has 3 aromatic heterocycles. The van der Waals surface area contributed by atoms with Gasteiger partial charge < -0.3 is 30.2 Å². The van der Waals surface area contributed by atoms with Gasteiger partial charge in [0.05, 0.1) is 36.7 Å². The summed E-state index contributed by atoms with van der Waals surface area (Å²) in [5.41, 5.74) is 4.78. The van der Waals surface area contributed by atoms with Gasteiger partial charge in [-0.25, -0.2) is 19.9 Å². The fraction of sp³-hybridized carbons (Fsp3) is 0.333. The molecule has 3 N–H and O–H groups in total.